The highest BCUT2D eigenvalue weighted by Crippen LogP contribution is 2.23. The van der Waals surface area contributed by atoms with Crippen molar-refractivity contribution in [1.82, 2.24) is 15.4 Å². The third kappa shape index (κ3) is 4.31. The standard InChI is InChI=1S/C17H14N4OS/c22-16(21-19-11-13-5-4-8-18-10-13)9-15-12-23-17(20-15)14-6-2-1-3-7-14/h1-8,10-12H,9H2,(H,21,22)/b19-11-. The van der Waals surface area contributed by atoms with Crippen molar-refractivity contribution in [3.63, 3.8) is 0 Å². The molecule has 1 aromatic carbocycles. The van der Waals surface area contributed by atoms with E-state index < -0.39 is 0 Å². The van der Waals surface area contributed by atoms with Crippen molar-refractivity contribution in [2.24, 2.45) is 5.10 Å². The predicted molar refractivity (Wildman–Crippen MR) is 91.2 cm³/mol. The van der Waals surface area contributed by atoms with Crippen molar-refractivity contribution < 1.29 is 4.79 Å². The molecule has 0 spiro atoms. The molecule has 2 heterocycles. The minimum absolute atomic E-state index is 0.199. The summed E-state index contributed by atoms with van der Waals surface area (Å²) in [5, 5.41) is 6.72. The molecule has 23 heavy (non-hydrogen) atoms. The fraction of sp³-hybridized carbons (Fsp3) is 0.0588. The number of nitrogens with one attached hydrogen (secondary N) is 1. The van der Waals surface area contributed by atoms with E-state index in [1.807, 2.05) is 47.8 Å². The maximum Gasteiger partial charge on any atom is 0.246 e. The fourth-order valence-corrected chi connectivity index (χ4v) is 2.76. The van der Waals surface area contributed by atoms with Crippen LogP contribution in [0.4, 0.5) is 0 Å². The minimum atomic E-state index is -0.199. The lowest BCUT2D eigenvalue weighted by Gasteiger charge is -1.97. The third-order valence-corrected chi connectivity index (χ3v) is 3.94. The first kappa shape index (κ1) is 15.1. The zero-order valence-electron chi connectivity index (χ0n) is 12.2. The molecule has 0 radical (unpaired) electrons. The van der Waals surface area contributed by atoms with Gasteiger partial charge < -0.3 is 0 Å². The second kappa shape index (κ2) is 7.42. The molecule has 6 heteroatoms. The molecular weight excluding hydrogens is 308 g/mol. The van der Waals surface area contributed by atoms with Crippen LogP contribution >= 0.6 is 11.3 Å². The number of hydrogen-bond acceptors (Lipinski definition) is 5. The molecule has 0 aliphatic rings. The lowest BCUT2D eigenvalue weighted by atomic mass is 10.2. The van der Waals surface area contributed by atoms with E-state index in [1.165, 1.54) is 11.3 Å². The van der Waals surface area contributed by atoms with Gasteiger partial charge in [0.25, 0.3) is 0 Å². The molecule has 1 N–H and O–H groups in total. The van der Waals surface area contributed by atoms with Gasteiger partial charge in [-0.3, -0.25) is 9.78 Å². The molecule has 3 rings (SSSR count). The van der Waals surface area contributed by atoms with Gasteiger partial charge in [0.1, 0.15) is 5.01 Å². The molecule has 3 aromatic rings. The van der Waals surface area contributed by atoms with Gasteiger partial charge >= 0.3 is 0 Å². The van der Waals surface area contributed by atoms with Gasteiger partial charge in [0.05, 0.1) is 18.3 Å². The van der Waals surface area contributed by atoms with Crippen LogP contribution in [0.1, 0.15) is 11.3 Å². The lowest BCUT2D eigenvalue weighted by Crippen LogP contribution is -2.19. The number of benzene rings is 1. The average Bonchev–Trinajstić information content (AvgIpc) is 3.05. The first-order valence-electron chi connectivity index (χ1n) is 7.03. The molecule has 5 nitrogen and oxygen atoms in total. The molecule has 1 amide bonds. The summed E-state index contributed by atoms with van der Waals surface area (Å²) in [4.78, 5) is 20.3. The Balaban J connectivity index is 1.56. The van der Waals surface area contributed by atoms with Crippen molar-refractivity contribution in [3.8, 4) is 10.6 Å². The fourth-order valence-electron chi connectivity index (χ4n) is 1.94. The van der Waals surface area contributed by atoms with E-state index in [0.717, 1.165) is 21.8 Å². The molecular formula is C17H14N4OS. The van der Waals surface area contributed by atoms with Crippen LogP contribution < -0.4 is 5.43 Å². The number of thiazole rings is 1. The highest BCUT2D eigenvalue weighted by Gasteiger charge is 2.08. The SMILES string of the molecule is O=C(Cc1csc(-c2ccccc2)n1)N/N=C\c1cccnc1. The molecule has 0 saturated carbocycles. The van der Waals surface area contributed by atoms with Gasteiger partial charge in [-0.1, -0.05) is 36.4 Å². The van der Waals surface area contributed by atoms with E-state index in [0.29, 0.717) is 0 Å². The smallest absolute Gasteiger partial charge is 0.246 e. The van der Waals surface area contributed by atoms with Gasteiger partial charge in [-0.2, -0.15) is 5.10 Å². The Labute approximate surface area is 137 Å². The number of amides is 1. The zero-order valence-corrected chi connectivity index (χ0v) is 13.0. The highest BCUT2D eigenvalue weighted by atomic mass is 32.1. The van der Waals surface area contributed by atoms with E-state index in [2.05, 4.69) is 20.5 Å². The van der Waals surface area contributed by atoms with Crippen molar-refractivity contribution in [3.05, 3.63) is 71.5 Å². The number of aromatic nitrogens is 2. The third-order valence-electron chi connectivity index (χ3n) is 3.00. The van der Waals surface area contributed by atoms with Crippen molar-refractivity contribution >= 4 is 23.5 Å². The zero-order chi connectivity index (χ0) is 15.9. The van der Waals surface area contributed by atoms with Crippen LogP contribution in [0, 0.1) is 0 Å². The number of nitrogens with zero attached hydrogens (tertiary/aromatic N) is 3. The molecule has 0 fully saturated rings. The summed E-state index contributed by atoms with van der Waals surface area (Å²) in [5.74, 6) is -0.199. The van der Waals surface area contributed by atoms with Crippen molar-refractivity contribution in [2.45, 2.75) is 6.42 Å². The number of hydrogen-bond donors (Lipinski definition) is 1. The lowest BCUT2D eigenvalue weighted by molar-refractivity contribution is -0.120. The average molecular weight is 322 g/mol. The molecule has 2 aromatic heterocycles. The molecule has 0 aliphatic heterocycles. The van der Waals surface area contributed by atoms with E-state index in [1.54, 1.807) is 18.6 Å². The van der Waals surface area contributed by atoms with E-state index in [-0.39, 0.29) is 12.3 Å². The number of carbonyl (C=O) groups excluding carboxylic acids is 1. The van der Waals surface area contributed by atoms with Crippen LogP contribution in [-0.4, -0.2) is 22.1 Å². The van der Waals surface area contributed by atoms with Gasteiger partial charge in [-0.25, -0.2) is 10.4 Å². The Morgan fingerprint density at radius 1 is 1.22 bits per heavy atom. The summed E-state index contributed by atoms with van der Waals surface area (Å²) in [5.41, 5.74) is 5.12. The number of pyridine rings is 1. The number of carbonyl (C=O) groups is 1. The van der Waals surface area contributed by atoms with Gasteiger partial charge in [0.2, 0.25) is 5.91 Å². The van der Waals surface area contributed by atoms with Gasteiger partial charge in [0, 0.05) is 28.9 Å². The van der Waals surface area contributed by atoms with Crippen LogP contribution in [0.2, 0.25) is 0 Å². The van der Waals surface area contributed by atoms with Crippen molar-refractivity contribution in [1.29, 1.82) is 0 Å². The van der Waals surface area contributed by atoms with E-state index in [9.17, 15) is 4.79 Å². The number of rotatable bonds is 5. The van der Waals surface area contributed by atoms with Crippen LogP contribution in [0.25, 0.3) is 10.6 Å². The Morgan fingerprint density at radius 3 is 2.87 bits per heavy atom. The summed E-state index contributed by atoms with van der Waals surface area (Å²) < 4.78 is 0. The first-order valence-corrected chi connectivity index (χ1v) is 7.91. The minimum Gasteiger partial charge on any atom is -0.273 e. The quantitative estimate of drug-likeness (QED) is 0.580. The molecule has 0 bridgehead atoms. The Hall–Kier alpha value is -2.86. The van der Waals surface area contributed by atoms with E-state index >= 15 is 0 Å². The van der Waals surface area contributed by atoms with Crippen LogP contribution in [0.3, 0.4) is 0 Å². The predicted octanol–water partition coefficient (Wildman–Crippen LogP) is 2.90. The Kier molecular flexibility index (Phi) is 4.85. The maximum atomic E-state index is 11.9. The maximum absolute atomic E-state index is 11.9. The molecule has 114 valence electrons. The molecule has 0 unspecified atom stereocenters. The summed E-state index contributed by atoms with van der Waals surface area (Å²) in [6.45, 7) is 0. The van der Waals surface area contributed by atoms with Crippen LogP contribution in [-0.2, 0) is 11.2 Å². The Morgan fingerprint density at radius 2 is 2.09 bits per heavy atom. The summed E-state index contributed by atoms with van der Waals surface area (Å²) >= 11 is 1.53. The van der Waals surface area contributed by atoms with Crippen molar-refractivity contribution in [2.75, 3.05) is 0 Å². The van der Waals surface area contributed by atoms with E-state index in [4.69, 9.17) is 0 Å². The summed E-state index contributed by atoms with van der Waals surface area (Å²) in [7, 11) is 0. The van der Waals surface area contributed by atoms with Gasteiger partial charge in [-0.15, -0.1) is 11.3 Å². The topological polar surface area (TPSA) is 67.2 Å². The second-order valence-electron chi connectivity index (χ2n) is 4.77. The molecule has 0 atom stereocenters. The monoisotopic (exact) mass is 322 g/mol. The molecule has 0 aliphatic carbocycles. The summed E-state index contributed by atoms with van der Waals surface area (Å²) in [6, 6.07) is 13.6. The number of hydrazone groups is 1. The summed E-state index contributed by atoms with van der Waals surface area (Å²) in [6.07, 6.45) is 5.11. The normalized spacial score (nSPS) is 10.8. The van der Waals surface area contributed by atoms with Crippen LogP contribution in [0.5, 0.6) is 0 Å². The van der Waals surface area contributed by atoms with Gasteiger partial charge in [0.15, 0.2) is 0 Å². The Bertz CT molecular complexity index is 800. The largest absolute Gasteiger partial charge is 0.273 e. The molecule has 0 saturated heterocycles. The van der Waals surface area contributed by atoms with Gasteiger partial charge in [-0.05, 0) is 6.07 Å². The van der Waals surface area contributed by atoms with Crippen LogP contribution in [0.15, 0.2) is 65.3 Å². The first-order chi connectivity index (χ1) is 11.3. The highest BCUT2D eigenvalue weighted by molar-refractivity contribution is 7.13. The second-order valence-corrected chi connectivity index (χ2v) is 5.62.